The molecule has 2 aliphatic rings. The number of β-amino-alcohol motifs (C(OH)–C–C–N with tert-alkyl or cyclic N) is 1. The highest BCUT2D eigenvalue weighted by molar-refractivity contribution is 4.79. The highest BCUT2D eigenvalue weighted by Crippen LogP contribution is 2.17. The molecule has 0 saturated carbocycles. The van der Waals surface area contributed by atoms with E-state index in [1.165, 1.54) is 0 Å². The fraction of sp³-hybridized carbons (Fsp3) is 1.00. The van der Waals surface area contributed by atoms with Crippen molar-refractivity contribution >= 4 is 0 Å². The molecule has 2 fully saturated rings. The van der Waals surface area contributed by atoms with Gasteiger partial charge in [0.2, 0.25) is 0 Å². The smallest absolute Gasteiger partial charge is 0.175 e. The number of hydrogen-bond donors (Lipinski definition) is 1. The third-order valence-corrected chi connectivity index (χ3v) is 2.63. The Labute approximate surface area is 83.5 Å². The molecule has 2 heterocycles. The Morgan fingerprint density at radius 3 is 2.71 bits per heavy atom. The summed E-state index contributed by atoms with van der Waals surface area (Å²) in [6, 6.07) is 0.137. The van der Waals surface area contributed by atoms with Gasteiger partial charge in [-0.3, -0.25) is 4.90 Å². The molecular formula is C9H17NO4. The number of aliphatic hydroxyl groups is 1. The Hall–Kier alpha value is -0.200. The van der Waals surface area contributed by atoms with Gasteiger partial charge in [0.1, 0.15) is 0 Å². The molecule has 0 aromatic carbocycles. The zero-order valence-corrected chi connectivity index (χ0v) is 8.22. The summed E-state index contributed by atoms with van der Waals surface area (Å²) in [6.07, 6.45) is -0.179. The zero-order valence-electron chi connectivity index (χ0n) is 8.22. The minimum atomic E-state index is -0.179. The van der Waals surface area contributed by atoms with E-state index in [0.717, 1.165) is 13.2 Å². The number of nitrogens with zero attached hydrogens (tertiary/aromatic N) is 1. The van der Waals surface area contributed by atoms with Crippen molar-refractivity contribution in [2.75, 3.05) is 46.1 Å². The van der Waals surface area contributed by atoms with Gasteiger partial charge in [-0.25, -0.2) is 0 Å². The van der Waals surface area contributed by atoms with Gasteiger partial charge in [-0.2, -0.15) is 0 Å². The van der Waals surface area contributed by atoms with Crippen LogP contribution in [0.25, 0.3) is 0 Å². The number of rotatable bonds is 3. The van der Waals surface area contributed by atoms with Crippen molar-refractivity contribution in [3.8, 4) is 0 Å². The van der Waals surface area contributed by atoms with Gasteiger partial charge in [-0.05, 0) is 0 Å². The Morgan fingerprint density at radius 1 is 1.21 bits per heavy atom. The van der Waals surface area contributed by atoms with E-state index in [2.05, 4.69) is 4.90 Å². The van der Waals surface area contributed by atoms with E-state index in [4.69, 9.17) is 19.3 Å². The molecule has 1 atom stereocenters. The van der Waals surface area contributed by atoms with E-state index in [-0.39, 0.29) is 18.9 Å². The van der Waals surface area contributed by atoms with Crippen molar-refractivity contribution in [2.24, 2.45) is 0 Å². The highest BCUT2D eigenvalue weighted by atomic mass is 16.7. The molecule has 1 N–H and O–H groups in total. The predicted molar refractivity (Wildman–Crippen MR) is 49.0 cm³/mol. The molecule has 0 aromatic rings. The number of hydrogen-bond acceptors (Lipinski definition) is 5. The lowest BCUT2D eigenvalue weighted by molar-refractivity contribution is -0.142. The molecule has 1 unspecified atom stereocenters. The molecule has 82 valence electrons. The summed E-state index contributed by atoms with van der Waals surface area (Å²) in [4.78, 5) is 2.17. The molecule has 0 spiro atoms. The summed E-state index contributed by atoms with van der Waals surface area (Å²) in [5, 5.41) is 8.91. The van der Waals surface area contributed by atoms with Crippen LogP contribution in [-0.4, -0.2) is 68.5 Å². The molecule has 5 nitrogen and oxygen atoms in total. The second-order valence-corrected chi connectivity index (χ2v) is 3.51. The van der Waals surface area contributed by atoms with Crippen molar-refractivity contribution in [3.05, 3.63) is 0 Å². The van der Waals surface area contributed by atoms with Gasteiger partial charge >= 0.3 is 0 Å². The number of aliphatic hydroxyl groups excluding tert-OH is 1. The summed E-state index contributed by atoms with van der Waals surface area (Å²) in [7, 11) is 0. The molecule has 2 aliphatic heterocycles. The maximum Gasteiger partial charge on any atom is 0.175 e. The van der Waals surface area contributed by atoms with Crippen molar-refractivity contribution in [2.45, 2.75) is 12.3 Å². The summed E-state index contributed by atoms with van der Waals surface area (Å²) >= 11 is 0. The SMILES string of the molecule is OCCN1CCOCC1C1OCCO1. The van der Waals surface area contributed by atoms with E-state index in [1.54, 1.807) is 0 Å². The summed E-state index contributed by atoms with van der Waals surface area (Å²) in [5.41, 5.74) is 0. The number of ether oxygens (including phenoxy) is 3. The molecule has 0 aliphatic carbocycles. The Morgan fingerprint density at radius 2 is 2.00 bits per heavy atom. The van der Waals surface area contributed by atoms with Gasteiger partial charge in [0.15, 0.2) is 6.29 Å². The van der Waals surface area contributed by atoms with E-state index >= 15 is 0 Å². The first-order chi connectivity index (χ1) is 6.92. The normalized spacial score (nSPS) is 31.1. The second kappa shape index (κ2) is 5.04. The van der Waals surface area contributed by atoms with Crippen molar-refractivity contribution in [1.82, 2.24) is 4.90 Å². The van der Waals surface area contributed by atoms with E-state index < -0.39 is 0 Å². The third-order valence-electron chi connectivity index (χ3n) is 2.63. The van der Waals surface area contributed by atoms with Crippen LogP contribution < -0.4 is 0 Å². The van der Waals surface area contributed by atoms with Gasteiger partial charge in [0, 0.05) is 13.1 Å². The average Bonchev–Trinajstić information content (AvgIpc) is 2.72. The van der Waals surface area contributed by atoms with Crippen molar-refractivity contribution in [1.29, 1.82) is 0 Å². The van der Waals surface area contributed by atoms with Crippen LogP contribution in [0.4, 0.5) is 0 Å². The van der Waals surface area contributed by atoms with Crippen LogP contribution in [0.2, 0.25) is 0 Å². The van der Waals surface area contributed by atoms with Crippen LogP contribution in [0.1, 0.15) is 0 Å². The topological polar surface area (TPSA) is 51.2 Å². The fourth-order valence-corrected chi connectivity index (χ4v) is 1.91. The lowest BCUT2D eigenvalue weighted by atomic mass is 10.2. The molecule has 0 amide bonds. The molecular weight excluding hydrogens is 186 g/mol. The monoisotopic (exact) mass is 203 g/mol. The average molecular weight is 203 g/mol. The molecule has 0 radical (unpaired) electrons. The zero-order chi connectivity index (χ0) is 9.80. The van der Waals surface area contributed by atoms with Crippen molar-refractivity contribution in [3.63, 3.8) is 0 Å². The second-order valence-electron chi connectivity index (χ2n) is 3.51. The predicted octanol–water partition coefficient (Wildman–Crippen LogP) is -0.948. The molecule has 0 aromatic heterocycles. The van der Waals surface area contributed by atoms with Crippen LogP contribution in [0.15, 0.2) is 0 Å². The summed E-state index contributed by atoms with van der Waals surface area (Å²) in [6.45, 7) is 4.35. The third kappa shape index (κ3) is 2.24. The van der Waals surface area contributed by atoms with E-state index in [0.29, 0.717) is 26.4 Å². The molecule has 0 bridgehead atoms. The van der Waals surface area contributed by atoms with Crippen molar-refractivity contribution < 1.29 is 19.3 Å². The molecule has 14 heavy (non-hydrogen) atoms. The van der Waals surface area contributed by atoms with Gasteiger partial charge in [-0.15, -0.1) is 0 Å². The molecule has 5 heteroatoms. The van der Waals surface area contributed by atoms with Crippen LogP contribution in [0.3, 0.4) is 0 Å². The van der Waals surface area contributed by atoms with E-state index in [9.17, 15) is 0 Å². The summed E-state index contributed by atoms with van der Waals surface area (Å²) < 4.78 is 16.3. The van der Waals surface area contributed by atoms with Crippen LogP contribution in [0.5, 0.6) is 0 Å². The Kier molecular flexibility index (Phi) is 3.72. The lowest BCUT2D eigenvalue weighted by Crippen LogP contribution is -2.52. The molecule has 2 rings (SSSR count). The minimum Gasteiger partial charge on any atom is -0.395 e. The standard InChI is InChI=1S/C9H17NO4/c11-3-1-10-2-4-12-7-8(10)9-13-5-6-14-9/h8-9,11H,1-7H2. The fourth-order valence-electron chi connectivity index (χ4n) is 1.91. The van der Waals surface area contributed by atoms with Gasteiger partial charge < -0.3 is 19.3 Å². The first kappa shape index (κ1) is 10.3. The van der Waals surface area contributed by atoms with E-state index in [1.807, 2.05) is 0 Å². The van der Waals surface area contributed by atoms with Gasteiger partial charge in [-0.1, -0.05) is 0 Å². The molecule has 2 saturated heterocycles. The largest absolute Gasteiger partial charge is 0.395 e. The maximum absolute atomic E-state index is 8.91. The van der Waals surface area contributed by atoms with Crippen LogP contribution >= 0.6 is 0 Å². The lowest BCUT2D eigenvalue weighted by Gasteiger charge is -2.37. The first-order valence-corrected chi connectivity index (χ1v) is 5.07. The van der Waals surface area contributed by atoms with Crippen LogP contribution in [0, 0.1) is 0 Å². The van der Waals surface area contributed by atoms with Gasteiger partial charge in [0.05, 0.1) is 39.1 Å². The summed E-state index contributed by atoms with van der Waals surface area (Å²) in [5.74, 6) is 0. The van der Waals surface area contributed by atoms with Crippen LogP contribution in [-0.2, 0) is 14.2 Å². The first-order valence-electron chi connectivity index (χ1n) is 5.07. The van der Waals surface area contributed by atoms with Gasteiger partial charge in [0.25, 0.3) is 0 Å². The highest BCUT2D eigenvalue weighted by Gasteiger charge is 2.33. The maximum atomic E-state index is 8.91. The minimum absolute atomic E-state index is 0.137. The number of morpholine rings is 1. The Balaban J connectivity index is 1.91. The Bertz CT molecular complexity index is 170. The quantitative estimate of drug-likeness (QED) is 0.641.